The lowest BCUT2D eigenvalue weighted by molar-refractivity contribution is -0.141. The third kappa shape index (κ3) is 4.56. The van der Waals surface area contributed by atoms with Crippen molar-refractivity contribution in [3.05, 3.63) is 28.3 Å². The maximum atomic E-state index is 11.9. The van der Waals surface area contributed by atoms with Crippen molar-refractivity contribution in [2.24, 2.45) is 0 Å². The summed E-state index contributed by atoms with van der Waals surface area (Å²) in [5.74, 6) is 0.736. The normalized spacial score (nSPS) is 21.8. The Labute approximate surface area is 149 Å². The predicted molar refractivity (Wildman–Crippen MR) is 91.0 cm³/mol. The fraction of sp³-hybridized carbons (Fsp3) is 0.533. The van der Waals surface area contributed by atoms with Crippen LogP contribution in [-0.4, -0.2) is 43.7 Å². The van der Waals surface area contributed by atoms with Crippen LogP contribution in [-0.2, 0) is 37.3 Å². The molecule has 0 N–H and O–H groups in total. The van der Waals surface area contributed by atoms with E-state index in [1.54, 1.807) is 12.1 Å². The molecule has 132 valence electrons. The van der Waals surface area contributed by atoms with Gasteiger partial charge in [-0.25, -0.2) is 8.42 Å². The first-order chi connectivity index (χ1) is 11.4. The van der Waals surface area contributed by atoms with Gasteiger partial charge in [0, 0.05) is 21.4 Å². The Bertz CT molecular complexity index is 734. The van der Waals surface area contributed by atoms with E-state index < -0.39 is 9.84 Å². The number of carbonyl (C=O) groups excluding carboxylic acids is 1. The van der Waals surface area contributed by atoms with Crippen molar-refractivity contribution in [2.45, 2.75) is 24.9 Å². The highest BCUT2D eigenvalue weighted by molar-refractivity contribution is 8.02. The average Bonchev–Trinajstić information content (AvgIpc) is 2.89. The lowest BCUT2D eigenvalue weighted by Crippen LogP contribution is -2.15. The molecule has 0 radical (unpaired) electrons. The second kappa shape index (κ2) is 7.51. The van der Waals surface area contributed by atoms with Gasteiger partial charge in [-0.3, -0.25) is 4.79 Å². The lowest BCUT2D eigenvalue weighted by atomic mass is 10.1. The standard InChI is InChI=1S/C15H17ClO6S2/c16-12-3-10-5-20-9-22-15(10)11(4-12)6-21-14(17)7-23-13-1-2-24(18,19)8-13/h3-4,13H,1-2,5-9H2/t13-/m0/s1. The molecule has 24 heavy (non-hydrogen) atoms. The van der Waals surface area contributed by atoms with Crippen LogP contribution in [0.15, 0.2) is 12.1 Å². The summed E-state index contributed by atoms with van der Waals surface area (Å²) in [4.78, 5) is 11.9. The Morgan fingerprint density at radius 2 is 2.25 bits per heavy atom. The third-order valence-corrected chi connectivity index (χ3v) is 7.24. The van der Waals surface area contributed by atoms with Crippen molar-refractivity contribution in [1.29, 1.82) is 0 Å². The van der Waals surface area contributed by atoms with Gasteiger partial charge in [0.25, 0.3) is 0 Å². The highest BCUT2D eigenvalue weighted by Crippen LogP contribution is 2.32. The zero-order chi connectivity index (χ0) is 17.2. The van der Waals surface area contributed by atoms with Crippen LogP contribution in [0.1, 0.15) is 17.5 Å². The molecule has 0 bridgehead atoms. The van der Waals surface area contributed by atoms with Gasteiger partial charge in [0.1, 0.15) is 12.4 Å². The molecule has 1 atom stereocenters. The Morgan fingerprint density at radius 3 is 3.00 bits per heavy atom. The van der Waals surface area contributed by atoms with Gasteiger partial charge >= 0.3 is 5.97 Å². The van der Waals surface area contributed by atoms with E-state index in [1.807, 2.05) is 0 Å². The summed E-state index contributed by atoms with van der Waals surface area (Å²) < 4.78 is 38.7. The maximum Gasteiger partial charge on any atom is 0.316 e. The molecule has 0 aromatic heterocycles. The fourth-order valence-corrected chi connectivity index (χ4v) is 6.34. The lowest BCUT2D eigenvalue weighted by Gasteiger charge is -2.21. The minimum absolute atomic E-state index is 0.0260. The number of hydrogen-bond donors (Lipinski definition) is 0. The number of benzene rings is 1. The smallest absolute Gasteiger partial charge is 0.316 e. The highest BCUT2D eigenvalue weighted by Gasteiger charge is 2.28. The van der Waals surface area contributed by atoms with Crippen molar-refractivity contribution in [3.8, 4) is 5.75 Å². The number of ether oxygens (including phenoxy) is 3. The van der Waals surface area contributed by atoms with E-state index in [1.165, 1.54) is 11.8 Å². The molecule has 2 aliphatic rings. The van der Waals surface area contributed by atoms with E-state index in [0.29, 0.717) is 29.4 Å². The molecule has 0 spiro atoms. The number of rotatable bonds is 5. The summed E-state index contributed by atoms with van der Waals surface area (Å²) in [6.45, 7) is 0.621. The Balaban J connectivity index is 1.52. The number of thioether (sulfide) groups is 1. The number of esters is 1. The molecule has 9 heteroatoms. The number of carbonyl (C=O) groups is 1. The molecule has 1 aromatic rings. The molecule has 0 unspecified atom stereocenters. The Hall–Kier alpha value is -0.960. The van der Waals surface area contributed by atoms with Gasteiger partial charge in [0.2, 0.25) is 0 Å². The van der Waals surface area contributed by atoms with E-state index in [2.05, 4.69) is 0 Å². The molecule has 2 heterocycles. The molecule has 2 aliphatic heterocycles. The molecule has 6 nitrogen and oxygen atoms in total. The summed E-state index contributed by atoms with van der Waals surface area (Å²) in [6, 6.07) is 3.47. The summed E-state index contributed by atoms with van der Waals surface area (Å²) >= 11 is 7.39. The summed E-state index contributed by atoms with van der Waals surface area (Å²) in [5, 5.41) is 0.501. The van der Waals surface area contributed by atoms with Crippen molar-refractivity contribution in [3.63, 3.8) is 0 Å². The van der Waals surface area contributed by atoms with E-state index in [0.717, 1.165) is 5.56 Å². The van der Waals surface area contributed by atoms with Crippen LogP contribution in [0.2, 0.25) is 5.02 Å². The Kier molecular flexibility index (Phi) is 5.59. The van der Waals surface area contributed by atoms with Gasteiger partial charge in [-0.15, -0.1) is 11.8 Å². The van der Waals surface area contributed by atoms with Crippen LogP contribution in [0.25, 0.3) is 0 Å². The highest BCUT2D eigenvalue weighted by atomic mass is 35.5. The van der Waals surface area contributed by atoms with Crippen molar-refractivity contribution in [1.82, 2.24) is 0 Å². The molecular weight excluding hydrogens is 376 g/mol. The van der Waals surface area contributed by atoms with Gasteiger partial charge in [-0.1, -0.05) is 11.6 Å². The zero-order valence-corrected chi connectivity index (χ0v) is 15.2. The first-order valence-electron chi connectivity index (χ1n) is 7.42. The molecule has 0 saturated carbocycles. The first kappa shape index (κ1) is 17.8. The number of halogens is 1. The monoisotopic (exact) mass is 392 g/mol. The zero-order valence-electron chi connectivity index (χ0n) is 12.8. The SMILES string of the molecule is O=C(CS[C@H]1CCS(=O)(=O)C1)OCc1cc(Cl)cc2c1OCOC2. The summed E-state index contributed by atoms with van der Waals surface area (Å²) in [5.41, 5.74) is 1.52. The molecule has 3 rings (SSSR count). The molecule has 1 fully saturated rings. The van der Waals surface area contributed by atoms with Crippen LogP contribution in [0.5, 0.6) is 5.75 Å². The Morgan fingerprint density at radius 1 is 1.42 bits per heavy atom. The molecule has 1 saturated heterocycles. The van der Waals surface area contributed by atoms with Crippen molar-refractivity contribution in [2.75, 3.05) is 24.1 Å². The van der Waals surface area contributed by atoms with Gasteiger partial charge in [-0.05, 0) is 18.6 Å². The summed E-state index contributed by atoms with van der Waals surface area (Å²) in [7, 11) is -2.93. The minimum atomic E-state index is -2.93. The topological polar surface area (TPSA) is 78.9 Å². The largest absolute Gasteiger partial charge is 0.467 e. The van der Waals surface area contributed by atoms with E-state index in [4.69, 9.17) is 25.8 Å². The van der Waals surface area contributed by atoms with Crippen molar-refractivity contribution >= 4 is 39.2 Å². The first-order valence-corrected chi connectivity index (χ1v) is 10.7. The van der Waals surface area contributed by atoms with Gasteiger partial charge in [-0.2, -0.15) is 0 Å². The second-order valence-electron chi connectivity index (χ2n) is 5.66. The van der Waals surface area contributed by atoms with Crippen LogP contribution in [0, 0.1) is 0 Å². The number of sulfone groups is 1. The van der Waals surface area contributed by atoms with Gasteiger partial charge < -0.3 is 14.2 Å². The van der Waals surface area contributed by atoms with Gasteiger partial charge in [0.15, 0.2) is 16.6 Å². The number of fused-ring (bicyclic) bond motifs is 1. The summed E-state index contributed by atoms with van der Waals surface area (Å²) in [6.07, 6.45) is 0.593. The maximum absolute atomic E-state index is 11.9. The van der Waals surface area contributed by atoms with Gasteiger partial charge in [0.05, 0.1) is 23.9 Å². The quantitative estimate of drug-likeness (QED) is 0.710. The van der Waals surface area contributed by atoms with Crippen LogP contribution in [0.3, 0.4) is 0 Å². The van der Waals surface area contributed by atoms with Crippen LogP contribution in [0.4, 0.5) is 0 Å². The fourth-order valence-electron chi connectivity index (χ4n) is 2.64. The third-order valence-electron chi connectivity index (χ3n) is 3.77. The van der Waals surface area contributed by atoms with Crippen molar-refractivity contribution < 1.29 is 27.4 Å². The number of hydrogen-bond acceptors (Lipinski definition) is 7. The van der Waals surface area contributed by atoms with Crippen LogP contribution >= 0.6 is 23.4 Å². The molecule has 0 amide bonds. The predicted octanol–water partition coefficient (Wildman–Crippen LogP) is 2.17. The molecule has 0 aliphatic carbocycles. The molecular formula is C15H17ClO6S2. The van der Waals surface area contributed by atoms with E-state index >= 15 is 0 Å². The minimum Gasteiger partial charge on any atom is -0.467 e. The second-order valence-corrected chi connectivity index (χ2v) is 9.61. The average molecular weight is 393 g/mol. The molecule has 1 aromatic carbocycles. The van der Waals surface area contributed by atoms with Crippen LogP contribution < -0.4 is 4.74 Å². The van der Waals surface area contributed by atoms with E-state index in [9.17, 15) is 13.2 Å². The van der Waals surface area contributed by atoms with E-state index in [-0.39, 0.29) is 41.9 Å².